The van der Waals surface area contributed by atoms with E-state index in [-0.39, 0.29) is 12.6 Å². The van der Waals surface area contributed by atoms with E-state index in [1.54, 1.807) is 7.11 Å². The van der Waals surface area contributed by atoms with E-state index in [0.29, 0.717) is 6.42 Å². The Morgan fingerprint density at radius 2 is 2.00 bits per heavy atom. The van der Waals surface area contributed by atoms with Gasteiger partial charge in [-0.25, -0.2) is 0 Å². The minimum atomic E-state index is 0.0308. The number of methoxy groups -OCH3 is 1. The lowest BCUT2D eigenvalue weighted by atomic mass is 10.2. The predicted octanol–water partition coefficient (Wildman–Crippen LogP) is 0.837. The third-order valence-electron chi connectivity index (χ3n) is 2.66. The fraction of sp³-hybridized carbons (Fsp3) is 0.538. The molecule has 0 saturated carbocycles. The van der Waals surface area contributed by atoms with Crippen molar-refractivity contribution in [3.05, 3.63) is 29.8 Å². The summed E-state index contributed by atoms with van der Waals surface area (Å²) in [5, 5.41) is 8.78. The number of aliphatic hydroxyl groups is 1. The van der Waals surface area contributed by atoms with E-state index in [0.717, 1.165) is 18.8 Å². The van der Waals surface area contributed by atoms with Gasteiger partial charge in [0.15, 0.2) is 0 Å². The van der Waals surface area contributed by atoms with Crippen LogP contribution in [0.2, 0.25) is 0 Å². The highest BCUT2D eigenvalue weighted by molar-refractivity contribution is 5.27. The summed E-state index contributed by atoms with van der Waals surface area (Å²) in [7, 11) is 3.69. The highest BCUT2D eigenvalue weighted by atomic mass is 16.5. The Bertz CT molecular complexity index is 314. The van der Waals surface area contributed by atoms with Gasteiger partial charge in [-0.15, -0.1) is 0 Å². The van der Waals surface area contributed by atoms with Crippen LogP contribution in [0.3, 0.4) is 0 Å². The van der Waals surface area contributed by atoms with Crippen LogP contribution in [0.1, 0.15) is 12.0 Å². The number of hydrogen-bond donors (Lipinski definition) is 2. The Labute approximate surface area is 103 Å². The van der Waals surface area contributed by atoms with Gasteiger partial charge in [0.2, 0.25) is 0 Å². The molecule has 1 rings (SSSR count). The van der Waals surface area contributed by atoms with E-state index in [2.05, 4.69) is 4.90 Å². The molecule has 1 aromatic rings. The number of nitrogens with zero attached hydrogens (tertiary/aromatic N) is 1. The minimum Gasteiger partial charge on any atom is -0.497 e. The van der Waals surface area contributed by atoms with Crippen molar-refractivity contribution in [1.82, 2.24) is 4.90 Å². The van der Waals surface area contributed by atoms with E-state index in [9.17, 15) is 0 Å². The van der Waals surface area contributed by atoms with Crippen LogP contribution in [0.15, 0.2) is 24.3 Å². The maximum Gasteiger partial charge on any atom is 0.118 e. The molecule has 0 amide bonds. The number of ether oxygens (including phenoxy) is 1. The van der Waals surface area contributed by atoms with Crippen LogP contribution in [0.25, 0.3) is 0 Å². The van der Waals surface area contributed by atoms with Gasteiger partial charge in [-0.05, 0) is 31.2 Å². The third kappa shape index (κ3) is 5.17. The summed E-state index contributed by atoms with van der Waals surface area (Å²) in [4.78, 5) is 2.15. The Morgan fingerprint density at radius 3 is 2.53 bits per heavy atom. The van der Waals surface area contributed by atoms with Gasteiger partial charge >= 0.3 is 0 Å². The second-order valence-corrected chi connectivity index (χ2v) is 4.32. The van der Waals surface area contributed by atoms with Gasteiger partial charge in [0.25, 0.3) is 0 Å². The fourth-order valence-electron chi connectivity index (χ4n) is 1.76. The molecule has 4 nitrogen and oxygen atoms in total. The highest BCUT2D eigenvalue weighted by Crippen LogP contribution is 2.12. The molecule has 0 aliphatic rings. The van der Waals surface area contributed by atoms with Gasteiger partial charge in [-0.3, -0.25) is 0 Å². The Hall–Kier alpha value is -1.10. The van der Waals surface area contributed by atoms with Gasteiger partial charge in [0.05, 0.1) is 7.11 Å². The molecular weight excluding hydrogens is 216 g/mol. The zero-order valence-electron chi connectivity index (χ0n) is 10.6. The van der Waals surface area contributed by atoms with Crippen molar-refractivity contribution in [3.8, 4) is 5.75 Å². The molecule has 17 heavy (non-hydrogen) atoms. The molecule has 0 heterocycles. The first-order valence-electron chi connectivity index (χ1n) is 5.83. The average Bonchev–Trinajstić information content (AvgIpc) is 2.30. The van der Waals surface area contributed by atoms with Crippen molar-refractivity contribution in [2.45, 2.75) is 19.0 Å². The first-order chi connectivity index (χ1) is 8.15. The van der Waals surface area contributed by atoms with Crippen LogP contribution in [0.4, 0.5) is 0 Å². The number of nitrogens with two attached hydrogens (primary N) is 1. The quantitative estimate of drug-likeness (QED) is 0.739. The first-order valence-corrected chi connectivity index (χ1v) is 5.83. The summed E-state index contributed by atoms with van der Waals surface area (Å²) in [5.41, 5.74) is 7.09. The largest absolute Gasteiger partial charge is 0.497 e. The van der Waals surface area contributed by atoms with E-state index in [1.807, 2.05) is 31.3 Å². The zero-order valence-corrected chi connectivity index (χ0v) is 10.6. The molecule has 0 spiro atoms. The summed E-state index contributed by atoms with van der Waals surface area (Å²) in [6, 6.07) is 8.04. The topological polar surface area (TPSA) is 58.7 Å². The molecule has 4 heteroatoms. The molecule has 96 valence electrons. The molecule has 1 atom stereocenters. The van der Waals surface area contributed by atoms with Gasteiger partial charge in [-0.1, -0.05) is 12.1 Å². The second kappa shape index (κ2) is 7.27. The normalized spacial score (nSPS) is 12.8. The molecule has 1 unspecified atom stereocenters. The Balaban J connectivity index is 2.41. The fourth-order valence-corrected chi connectivity index (χ4v) is 1.76. The third-order valence-corrected chi connectivity index (χ3v) is 2.66. The Kier molecular flexibility index (Phi) is 5.97. The van der Waals surface area contributed by atoms with Crippen molar-refractivity contribution >= 4 is 0 Å². The second-order valence-electron chi connectivity index (χ2n) is 4.32. The summed E-state index contributed by atoms with van der Waals surface area (Å²) < 4.78 is 5.11. The molecule has 0 fully saturated rings. The van der Waals surface area contributed by atoms with Gasteiger partial charge < -0.3 is 20.5 Å². The average molecular weight is 238 g/mol. The van der Waals surface area contributed by atoms with Crippen LogP contribution in [0, 0.1) is 0 Å². The molecular formula is C13H22N2O2. The van der Waals surface area contributed by atoms with Crippen molar-refractivity contribution in [2.24, 2.45) is 5.73 Å². The molecule has 1 aromatic carbocycles. The monoisotopic (exact) mass is 238 g/mol. The molecule has 3 N–H and O–H groups in total. The standard InChI is InChI=1S/C13H22N2O2/c1-15(10-12(14)7-8-16)9-11-3-5-13(17-2)6-4-11/h3-6,12,16H,7-10,14H2,1-2H3. The zero-order chi connectivity index (χ0) is 12.7. The number of likely N-dealkylation sites (N-methyl/N-ethyl adjacent to an activating group) is 1. The molecule has 0 radical (unpaired) electrons. The predicted molar refractivity (Wildman–Crippen MR) is 69.0 cm³/mol. The Morgan fingerprint density at radius 1 is 1.35 bits per heavy atom. The van der Waals surface area contributed by atoms with Crippen LogP contribution in [-0.4, -0.2) is 43.4 Å². The smallest absolute Gasteiger partial charge is 0.118 e. The molecule has 0 aliphatic carbocycles. The molecule has 0 aliphatic heterocycles. The molecule has 0 bridgehead atoms. The van der Waals surface area contributed by atoms with Crippen LogP contribution < -0.4 is 10.5 Å². The van der Waals surface area contributed by atoms with Crippen LogP contribution in [-0.2, 0) is 6.54 Å². The van der Waals surface area contributed by atoms with Crippen molar-refractivity contribution in [1.29, 1.82) is 0 Å². The van der Waals surface area contributed by atoms with Crippen molar-refractivity contribution in [3.63, 3.8) is 0 Å². The van der Waals surface area contributed by atoms with Gasteiger partial charge in [0.1, 0.15) is 5.75 Å². The SMILES string of the molecule is COc1ccc(CN(C)CC(N)CCO)cc1. The molecule has 0 aromatic heterocycles. The van der Waals surface area contributed by atoms with E-state index in [4.69, 9.17) is 15.6 Å². The van der Waals surface area contributed by atoms with Crippen LogP contribution >= 0.6 is 0 Å². The number of aliphatic hydroxyl groups excluding tert-OH is 1. The summed E-state index contributed by atoms with van der Waals surface area (Å²) >= 11 is 0. The number of rotatable bonds is 7. The van der Waals surface area contributed by atoms with Crippen molar-refractivity contribution in [2.75, 3.05) is 27.3 Å². The number of benzene rings is 1. The highest BCUT2D eigenvalue weighted by Gasteiger charge is 2.06. The summed E-state index contributed by atoms with van der Waals surface area (Å²) in [6.07, 6.45) is 0.646. The summed E-state index contributed by atoms with van der Waals surface area (Å²) in [5.74, 6) is 0.869. The van der Waals surface area contributed by atoms with E-state index in [1.165, 1.54) is 5.56 Å². The molecule has 0 saturated heterocycles. The lowest BCUT2D eigenvalue weighted by Crippen LogP contribution is -2.35. The van der Waals surface area contributed by atoms with E-state index >= 15 is 0 Å². The first kappa shape index (κ1) is 14.0. The minimum absolute atomic E-state index is 0.0308. The maximum atomic E-state index is 8.78. The number of hydrogen-bond acceptors (Lipinski definition) is 4. The van der Waals surface area contributed by atoms with Gasteiger partial charge in [0, 0.05) is 25.7 Å². The van der Waals surface area contributed by atoms with Crippen molar-refractivity contribution < 1.29 is 9.84 Å². The summed E-state index contributed by atoms with van der Waals surface area (Å²) in [6.45, 7) is 1.78. The maximum absolute atomic E-state index is 8.78. The van der Waals surface area contributed by atoms with Crippen LogP contribution in [0.5, 0.6) is 5.75 Å². The lowest BCUT2D eigenvalue weighted by molar-refractivity contribution is 0.244. The van der Waals surface area contributed by atoms with E-state index < -0.39 is 0 Å². The lowest BCUT2D eigenvalue weighted by Gasteiger charge is -2.20. The van der Waals surface area contributed by atoms with Gasteiger partial charge in [-0.2, -0.15) is 0 Å².